The first-order valence-corrected chi connectivity index (χ1v) is 29.2. The molecule has 1 unspecified atom stereocenters. The second-order valence-corrected chi connectivity index (χ2v) is 19.5. The Bertz CT molecular complexity index is 1090. The van der Waals surface area contributed by atoms with E-state index in [2.05, 4.69) is 69.4 Å². The van der Waals surface area contributed by atoms with Gasteiger partial charge in [-0.2, -0.15) is 0 Å². The van der Waals surface area contributed by atoms with Gasteiger partial charge < -0.3 is 14.2 Å². The van der Waals surface area contributed by atoms with Crippen LogP contribution in [-0.4, -0.2) is 37.9 Å². The molecule has 66 heavy (non-hydrogen) atoms. The number of unbranched alkanes of at least 4 members (excludes halogenated alkanes) is 35. The Morgan fingerprint density at radius 1 is 0.333 bits per heavy atom. The summed E-state index contributed by atoms with van der Waals surface area (Å²) in [6.07, 6.45) is 71.3. The molecule has 0 spiro atoms. The van der Waals surface area contributed by atoms with Crippen LogP contribution in [0.5, 0.6) is 0 Å². The number of ether oxygens (including phenoxy) is 3. The predicted molar refractivity (Wildman–Crippen MR) is 288 cm³/mol. The average molecular weight is 926 g/mol. The molecule has 0 saturated carbocycles. The highest BCUT2D eigenvalue weighted by Gasteiger charge is 2.17. The second kappa shape index (κ2) is 57.2. The van der Waals surface area contributed by atoms with Crippen molar-refractivity contribution in [3.8, 4) is 0 Å². The maximum absolute atomic E-state index is 12.8. The number of rotatable bonds is 54. The number of esters is 2. The van der Waals surface area contributed by atoms with Crippen molar-refractivity contribution >= 4 is 11.9 Å². The molecule has 0 aromatic heterocycles. The van der Waals surface area contributed by atoms with Crippen LogP contribution in [0.25, 0.3) is 0 Å². The van der Waals surface area contributed by atoms with Gasteiger partial charge in [0.15, 0.2) is 6.10 Å². The van der Waals surface area contributed by atoms with Crippen LogP contribution in [0.1, 0.15) is 303 Å². The van der Waals surface area contributed by atoms with Crippen molar-refractivity contribution in [3.05, 3.63) is 48.6 Å². The van der Waals surface area contributed by atoms with E-state index in [-0.39, 0.29) is 25.2 Å². The maximum Gasteiger partial charge on any atom is 0.306 e. The first-order valence-electron chi connectivity index (χ1n) is 29.2. The minimum Gasteiger partial charge on any atom is -0.462 e. The van der Waals surface area contributed by atoms with Crippen LogP contribution < -0.4 is 0 Å². The molecule has 0 fully saturated rings. The molecule has 5 heteroatoms. The topological polar surface area (TPSA) is 61.8 Å². The minimum absolute atomic E-state index is 0.0810. The third-order valence-electron chi connectivity index (χ3n) is 12.8. The zero-order valence-corrected chi connectivity index (χ0v) is 44.5. The van der Waals surface area contributed by atoms with Crippen LogP contribution in [0.3, 0.4) is 0 Å². The third-order valence-corrected chi connectivity index (χ3v) is 12.8. The summed E-state index contributed by atoms with van der Waals surface area (Å²) in [5, 5.41) is 0. The number of hydrogen-bond donors (Lipinski definition) is 0. The van der Waals surface area contributed by atoms with Gasteiger partial charge in [-0.15, -0.1) is 0 Å². The molecular weight excluding hydrogens is 813 g/mol. The Hall–Kier alpha value is -2.14. The van der Waals surface area contributed by atoms with Gasteiger partial charge in [0.25, 0.3) is 0 Å². The molecule has 0 aliphatic carbocycles. The average Bonchev–Trinajstić information content (AvgIpc) is 3.32. The van der Waals surface area contributed by atoms with Crippen molar-refractivity contribution < 1.29 is 23.8 Å². The quantitative estimate of drug-likeness (QED) is 0.0345. The van der Waals surface area contributed by atoms with Crippen LogP contribution in [0.2, 0.25) is 0 Å². The Morgan fingerprint density at radius 3 is 1.06 bits per heavy atom. The summed E-state index contributed by atoms with van der Waals surface area (Å²) in [7, 11) is 0. The van der Waals surface area contributed by atoms with E-state index < -0.39 is 6.10 Å². The molecule has 0 aromatic carbocycles. The maximum atomic E-state index is 12.8. The highest BCUT2D eigenvalue weighted by atomic mass is 16.6. The minimum atomic E-state index is -0.543. The molecule has 5 nitrogen and oxygen atoms in total. The summed E-state index contributed by atoms with van der Waals surface area (Å²) in [5.74, 6) is -0.401. The first kappa shape index (κ1) is 63.9. The normalized spacial score (nSPS) is 12.5. The summed E-state index contributed by atoms with van der Waals surface area (Å²) in [5.41, 5.74) is 0. The summed E-state index contributed by atoms with van der Waals surface area (Å²) < 4.78 is 17.5. The van der Waals surface area contributed by atoms with E-state index >= 15 is 0 Å². The van der Waals surface area contributed by atoms with E-state index in [0.717, 1.165) is 57.8 Å². The zero-order chi connectivity index (χ0) is 47.7. The molecule has 0 aromatic rings. The van der Waals surface area contributed by atoms with Gasteiger partial charge in [-0.1, -0.05) is 236 Å². The van der Waals surface area contributed by atoms with Gasteiger partial charge in [0.05, 0.1) is 6.61 Å². The van der Waals surface area contributed by atoms with Gasteiger partial charge in [-0.05, 0) is 103 Å². The predicted octanol–water partition coefficient (Wildman–Crippen LogP) is 19.9. The van der Waals surface area contributed by atoms with Crippen molar-refractivity contribution in [2.24, 2.45) is 0 Å². The summed E-state index contributed by atoms with van der Waals surface area (Å²) in [6.45, 7) is 7.81. The van der Waals surface area contributed by atoms with Crippen molar-refractivity contribution in [1.82, 2.24) is 0 Å². The van der Waals surface area contributed by atoms with E-state index in [0.29, 0.717) is 19.4 Å². The van der Waals surface area contributed by atoms with Gasteiger partial charge >= 0.3 is 11.9 Å². The Kier molecular flexibility index (Phi) is 55.3. The number of hydrogen-bond acceptors (Lipinski definition) is 5. The van der Waals surface area contributed by atoms with E-state index in [1.807, 2.05) is 0 Å². The summed E-state index contributed by atoms with van der Waals surface area (Å²) in [4.78, 5) is 25.5. The fourth-order valence-corrected chi connectivity index (χ4v) is 8.41. The lowest BCUT2D eigenvalue weighted by Gasteiger charge is -2.18. The largest absolute Gasteiger partial charge is 0.462 e. The number of carbonyl (C=O) groups is 2. The molecule has 0 heterocycles. The summed E-state index contributed by atoms with van der Waals surface area (Å²) in [6, 6.07) is 0. The van der Waals surface area contributed by atoms with Gasteiger partial charge in [0, 0.05) is 19.4 Å². The molecule has 0 bridgehead atoms. The molecule has 0 aliphatic rings. The zero-order valence-electron chi connectivity index (χ0n) is 44.5. The van der Waals surface area contributed by atoms with Gasteiger partial charge in [0.2, 0.25) is 0 Å². The van der Waals surface area contributed by atoms with E-state index in [4.69, 9.17) is 14.2 Å². The van der Waals surface area contributed by atoms with Gasteiger partial charge in [-0.3, -0.25) is 9.59 Å². The monoisotopic (exact) mass is 925 g/mol. The smallest absolute Gasteiger partial charge is 0.306 e. The Morgan fingerprint density at radius 2 is 0.636 bits per heavy atom. The van der Waals surface area contributed by atoms with E-state index in [1.165, 1.54) is 212 Å². The molecule has 0 saturated heterocycles. The van der Waals surface area contributed by atoms with Crippen molar-refractivity contribution in [3.63, 3.8) is 0 Å². The lowest BCUT2D eigenvalue weighted by molar-refractivity contribution is -0.163. The van der Waals surface area contributed by atoms with Crippen LogP contribution >= 0.6 is 0 Å². The molecule has 0 aliphatic heterocycles. The standard InChI is InChI=1S/C61H112O5/c1-4-7-10-13-16-19-22-25-27-29-30-31-33-35-38-41-44-47-50-53-56-64-57-59(66-61(63)55-52-49-46-43-40-36-24-21-18-15-12-9-6-3)58-65-60(62)54-51-48-45-42-39-37-34-32-28-26-23-20-17-14-11-8-5-2/h16,19,21,24-28,59H,4-15,17-18,20,22-23,29-58H2,1-3H3/b19-16-,24-21-,27-25-,28-26-. The van der Waals surface area contributed by atoms with Crippen molar-refractivity contribution in [2.45, 2.75) is 309 Å². The molecule has 0 radical (unpaired) electrons. The van der Waals surface area contributed by atoms with Crippen LogP contribution in [0.15, 0.2) is 48.6 Å². The first-order chi connectivity index (χ1) is 32.6. The molecule has 0 rings (SSSR count). The van der Waals surface area contributed by atoms with Crippen molar-refractivity contribution in [1.29, 1.82) is 0 Å². The highest BCUT2D eigenvalue weighted by Crippen LogP contribution is 2.15. The molecule has 1 atom stereocenters. The highest BCUT2D eigenvalue weighted by molar-refractivity contribution is 5.70. The SMILES string of the molecule is CCCCC/C=C\C/C=C\CCCCCCCCCCCCOCC(COC(=O)CCCCCCCCC/C=C\CCCCCCCC)OC(=O)CCCCCCC/C=C\CCCCCC. The lowest BCUT2D eigenvalue weighted by Crippen LogP contribution is -2.30. The molecular formula is C61H112O5. The number of allylic oxidation sites excluding steroid dienone is 8. The Balaban J connectivity index is 4.23. The second-order valence-electron chi connectivity index (χ2n) is 19.5. The molecule has 0 N–H and O–H groups in total. The fraction of sp³-hybridized carbons (Fsp3) is 0.836. The molecule has 0 amide bonds. The number of carbonyl (C=O) groups excluding carboxylic acids is 2. The third kappa shape index (κ3) is 54.5. The van der Waals surface area contributed by atoms with Crippen LogP contribution in [-0.2, 0) is 23.8 Å². The van der Waals surface area contributed by atoms with Crippen LogP contribution in [0.4, 0.5) is 0 Å². The van der Waals surface area contributed by atoms with Gasteiger partial charge in [-0.25, -0.2) is 0 Å². The van der Waals surface area contributed by atoms with Crippen molar-refractivity contribution in [2.75, 3.05) is 19.8 Å². The van der Waals surface area contributed by atoms with E-state index in [9.17, 15) is 9.59 Å². The lowest BCUT2D eigenvalue weighted by atomic mass is 10.1. The fourth-order valence-electron chi connectivity index (χ4n) is 8.41. The summed E-state index contributed by atoms with van der Waals surface area (Å²) >= 11 is 0. The van der Waals surface area contributed by atoms with E-state index in [1.54, 1.807) is 0 Å². The van der Waals surface area contributed by atoms with Gasteiger partial charge in [0.1, 0.15) is 6.61 Å². The van der Waals surface area contributed by atoms with Crippen LogP contribution in [0, 0.1) is 0 Å². The molecule has 386 valence electrons. The Labute approximate surface area is 412 Å².